The number of nitrogens with zero attached hydrogens (tertiary/aromatic N) is 4. The third-order valence-corrected chi connectivity index (χ3v) is 6.13. The zero-order chi connectivity index (χ0) is 22.5. The summed E-state index contributed by atoms with van der Waals surface area (Å²) in [6.45, 7) is 5.18. The van der Waals surface area contributed by atoms with Gasteiger partial charge in [0.1, 0.15) is 12.2 Å². The minimum absolute atomic E-state index is 0.114. The highest BCUT2D eigenvalue weighted by atomic mass is 35.5. The Morgan fingerprint density at radius 3 is 2.78 bits per heavy atom. The van der Waals surface area contributed by atoms with E-state index in [-0.39, 0.29) is 22.8 Å². The van der Waals surface area contributed by atoms with E-state index in [1.165, 1.54) is 4.57 Å². The van der Waals surface area contributed by atoms with Crippen LogP contribution in [0.2, 0.25) is 5.02 Å². The molecule has 0 aliphatic carbocycles. The molecule has 2 aromatic heterocycles. The van der Waals surface area contributed by atoms with Crippen LogP contribution in [0.5, 0.6) is 0 Å². The van der Waals surface area contributed by atoms with Crippen molar-refractivity contribution in [1.29, 1.82) is 0 Å². The number of nitrogens with one attached hydrogen (secondary N) is 2. The van der Waals surface area contributed by atoms with Gasteiger partial charge in [0, 0.05) is 49.6 Å². The Balaban J connectivity index is 1.21. The second-order valence-corrected chi connectivity index (χ2v) is 8.56. The van der Waals surface area contributed by atoms with E-state index in [9.17, 15) is 9.59 Å². The molecule has 1 aliphatic heterocycles. The SMILES string of the molecule is O=C(Cn1c(=S)[nH]c2ncccc2c1=O)NCCCN1CCN(c2cccc(Cl)c2)CC1. The van der Waals surface area contributed by atoms with Crippen LogP contribution in [0, 0.1) is 4.77 Å². The molecule has 168 valence electrons. The van der Waals surface area contributed by atoms with Gasteiger partial charge in [0.25, 0.3) is 5.56 Å². The topological polar surface area (TPSA) is 86.3 Å². The Hall–Kier alpha value is -2.75. The van der Waals surface area contributed by atoms with Crippen LogP contribution in [0.15, 0.2) is 47.4 Å². The number of amides is 1. The molecule has 3 aromatic rings. The fraction of sp³-hybridized carbons (Fsp3) is 0.364. The first-order valence-electron chi connectivity index (χ1n) is 10.6. The molecular formula is C22H25ClN6O2S. The maximum atomic E-state index is 12.6. The van der Waals surface area contributed by atoms with Crippen LogP contribution in [-0.4, -0.2) is 64.6 Å². The monoisotopic (exact) mass is 472 g/mol. The third kappa shape index (κ3) is 5.35. The van der Waals surface area contributed by atoms with Crippen molar-refractivity contribution in [1.82, 2.24) is 24.8 Å². The fourth-order valence-electron chi connectivity index (χ4n) is 3.86. The Morgan fingerprint density at radius 1 is 1.19 bits per heavy atom. The standard InChI is InChI=1S/C22H25ClN6O2S/c23-16-4-1-5-17(14-16)28-12-10-27(11-13-28)9-3-8-24-19(30)15-29-21(31)18-6-2-7-25-20(18)26-22(29)32/h1-2,4-7,14H,3,8-13,15H2,(H,24,30)(H,25,26,32). The number of H-pyrrole nitrogens is 1. The molecule has 1 aliphatic rings. The number of pyridine rings is 1. The highest BCUT2D eigenvalue weighted by Gasteiger charge is 2.17. The predicted molar refractivity (Wildman–Crippen MR) is 129 cm³/mol. The van der Waals surface area contributed by atoms with E-state index >= 15 is 0 Å². The Bertz CT molecular complexity index is 1220. The Morgan fingerprint density at radius 2 is 2.00 bits per heavy atom. The van der Waals surface area contributed by atoms with Gasteiger partial charge in [-0.15, -0.1) is 0 Å². The zero-order valence-corrected chi connectivity index (χ0v) is 19.2. The molecule has 1 saturated heterocycles. The number of hydrogen-bond acceptors (Lipinski definition) is 6. The minimum Gasteiger partial charge on any atom is -0.369 e. The van der Waals surface area contributed by atoms with Gasteiger partial charge in [-0.3, -0.25) is 19.1 Å². The van der Waals surface area contributed by atoms with E-state index in [0.29, 0.717) is 17.6 Å². The summed E-state index contributed by atoms with van der Waals surface area (Å²) < 4.78 is 1.46. The molecule has 1 amide bonds. The number of carbonyl (C=O) groups excluding carboxylic acids is 1. The smallest absolute Gasteiger partial charge is 0.264 e. The van der Waals surface area contributed by atoms with Crippen molar-refractivity contribution >= 4 is 46.4 Å². The van der Waals surface area contributed by atoms with Crippen molar-refractivity contribution < 1.29 is 4.79 Å². The van der Waals surface area contributed by atoms with E-state index in [2.05, 4.69) is 31.2 Å². The Kier molecular flexibility index (Phi) is 7.19. The molecule has 1 aromatic carbocycles. The molecule has 0 bridgehead atoms. The summed E-state index contributed by atoms with van der Waals surface area (Å²) in [4.78, 5) is 36.7. The zero-order valence-electron chi connectivity index (χ0n) is 17.6. The van der Waals surface area contributed by atoms with Gasteiger partial charge in [0.2, 0.25) is 5.91 Å². The maximum Gasteiger partial charge on any atom is 0.264 e. The van der Waals surface area contributed by atoms with Gasteiger partial charge >= 0.3 is 0 Å². The average Bonchev–Trinajstić information content (AvgIpc) is 2.80. The summed E-state index contributed by atoms with van der Waals surface area (Å²) in [5, 5.41) is 4.05. The summed E-state index contributed by atoms with van der Waals surface area (Å²) in [5.74, 6) is -0.236. The van der Waals surface area contributed by atoms with Crippen molar-refractivity contribution in [3.63, 3.8) is 0 Å². The number of carbonyl (C=O) groups is 1. The van der Waals surface area contributed by atoms with Crippen LogP contribution in [0.1, 0.15) is 6.42 Å². The highest BCUT2D eigenvalue weighted by molar-refractivity contribution is 7.71. The maximum absolute atomic E-state index is 12.6. The highest BCUT2D eigenvalue weighted by Crippen LogP contribution is 2.20. The van der Waals surface area contributed by atoms with Gasteiger partial charge in [-0.2, -0.15) is 0 Å². The lowest BCUT2D eigenvalue weighted by molar-refractivity contribution is -0.121. The van der Waals surface area contributed by atoms with Crippen LogP contribution < -0.4 is 15.8 Å². The van der Waals surface area contributed by atoms with E-state index in [1.807, 2.05) is 18.2 Å². The lowest BCUT2D eigenvalue weighted by Gasteiger charge is -2.36. The number of benzene rings is 1. The lowest BCUT2D eigenvalue weighted by atomic mass is 10.2. The molecule has 0 radical (unpaired) electrons. The number of anilines is 1. The minimum atomic E-state index is -0.315. The molecule has 0 atom stereocenters. The van der Waals surface area contributed by atoms with Crippen LogP contribution in [0.4, 0.5) is 5.69 Å². The summed E-state index contributed by atoms with van der Waals surface area (Å²) in [5.41, 5.74) is 1.27. The van der Waals surface area contributed by atoms with E-state index in [1.54, 1.807) is 18.3 Å². The number of fused-ring (bicyclic) bond motifs is 1. The van der Waals surface area contributed by atoms with Gasteiger partial charge in [0.05, 0.1) is 5.39 Å². The van der Waals surface area contributed by atoms with Crippen LogP contribution >= 0.6 is 23.8 Å². The van der Waals surface area contributed by atoms with Crippen molar-refractivity contribution in [2.75, 3.05) is 44.2 Å². The summed E-state index contributed by atoms with van der Waals surface area (Å²) in [6, 6.07) is 11.3. The molecule has 1 fully saturated rings. The largest absolute Gasteiger partial charge is 0.369 e. The van der Waals surface area contributed by atoms with Gasteiger partial charge in [0.15, 0.2) is 4.77 Å². The molecule has 0 spiro atoms. The molecular weight excluding hydrogens is 448 g/mol. The van der Waals surface area contributed by atoms with Crippen molar-refractivity contribution in [3.05, 3.63) is 62.7 Å². The van der Waals surface area contributed by atoms with Crippen LogP contribution in [-0.2, 0) is 11.3 Å². The first kappa shape index (κ1) is 22.4. The fourth-order valence-corrected chi connectivity index (χ4v) is 4.29. The van der Waals surface area contributed by atoms with E-state index in [0.717, 1.165) is 49.9 Å². The number of piperazine rings is 1. The molecule has 8 nitrogen and oxygen atoms in total. The van der Waals surface area contributed by atoms with Crippen molar-refractivity contribution in [2.24, 2.45) is 0 Å². The molecule has 0 unspecified atom stereocenters. The van der Waals surface area contributed by atoms with Gasteiger partial charge < -0.3 is 15.2 Å². The van der Waals surface area contributed by atoms with Crippen LogP contribution in [0.3, 0.4) is 0 Å². The van der Waals surface area contributed by atoms with Crippen molar-refractivity contribution in [2.45, 2.75) is 13.0 Å². The average molecular weight is 473 g/mol. The summed E-state index contributed by atoms with van der Waals surface area (Å²) in [6.07, 6.45) is 2.42. The first-order chi connectivity index (χ1) is 15.5. The van der Waals surface area contributed by atoms with Crippen molar-refractivity contribution in [3.8, 4) is 0 Å². The third-order valence-electron chi connectivity index (χ3n) is 5.57. The molecule has 0 saturated carbocycles. The normalized spacial score (nSPS) is 14.6. The molecule has 32 heavy (non-hydrogen) atoms. The number of aromatic amines is 1. The molecule has 3 heterocycles. The van der Waals surface area contributed by atoms with Crippen LogP contribution in [0.25, 0.3) is 11.0 Å². The quantitative estimate of drug-likeness (QED) is 0.406. The van der Waals surface area contributed by atoms with Gasteiger partial charge in [-0.25, -0.2) is 4.98 Å². The first-order valence-corrected chi connectivity index (χ1v) is 11.4. The van der Waals surface area contributed by atoms with E-state index < -0.39 is 0 Å². The van der Waals surface area contributed by atoms with E-state index in [4.69, 9.17) is 23.8 Å². The Labute approximate surface area is 195 Å². The predicted octanol–water partition coefficient (Wildman–Crippen LogP) is 2.44. The summed E-state index contributed by atoms with van der Waals surface area (Å²) >= 11 is 11.3. The number of halogens is 1. The molecule has 4 rings (SSSR count). The van der Waals surface area contributed by atoms with Gasteiger partial charge in [-0.05, 0) is 55.5 Å². The molecule has 10 heteroatoms. The molecule has 2 N–H and O–H groups in total. The number of rotatable bonds is 7. The number of aromatic nitrogens is 3. The second kappa shape index (κ2) is 10.2. The summed E-state index contributed by atoms with van der Waals surface area (Å²) in [7, 11) is 0. The second-order valence-electron chi connectivity index (χ2n) is 7.73. The lowest BCUT2D eigenvalue weighted by Crippen LogP contribution is -2.47. The number of hydrogen-bond donors (Lipinski definition) is 2. The van der Waals surface area contributed by atoms with Gasteiger partial charge in [-0.1, -0.05) is 17.7 Å².